The van der Waals surface area contributed by atoms with E-state index < -0.39 is 6.04 Å². The smallest absolute Gasteiger partial charge is 0.249 e. The van der Waals surface area contributed by atoms with Crippen LogP contribution in [0.3, 0.4) is 0 Å². The maximum atomic E-state index is 11.3. The van der Waals surface area contributed by atoms with Gasteiger partial charge in [0.05, 0.1) is 18.6 Å². The minimum atomic E-state index is -0.535. The Bertz CT molecular complexity index is 476. The molecule has 5 nitrogen and oxygen atoms in total. The van der Waals surface area contributed by atoms with Gasteiger partial charge in [0.15, 0.2) is 0 Å². The zero-order valence-corrected chi connectivity index (χ0v) is 9.88. The Labute approximate surface area is 103 Å². The van der Waals surface area contributed by atoms with Crippen LogP contribution in [-0.4, -0.2) is 25.0 Å². The number of methoxy groups -OCH3 is 1. The third-order valence-corrected chi connectivity index (χ3v) is 2.76. The van der Waals surface area contributed by atoms with Gasteiger partial charge in [-0.05, 0) is 18.2 Å². The summed E-state index contributed by atoms with van der Waals surface area (Å²) in [6.07, 6.45) is 0.141. The van der Waals surface area contributed by atoms with Gasteiger partial charge in [0.1, 0.15) is 11.8 Å². The van der Waals surface area contributed by atoms with Gasteiger partial charge in [-0.25, -0.2) is 0 Å². The van der Waals surface area contributed by atoms with Crippen LogP contribution < -0.4 is 15.4 Å². The predicted octanol–water partition coefficient (Wildman–Crippen LogP) is 1.18. The fourth-order valence-corrected chi connectivity index (χ4v) is 1.89. The first-order chi connectivity index (χ1) is 8.10. The van der Waals surface area contributed by atoms with Crippen LogP contribution in [0.15, 0.2) is 18.2 Å². The van der Waals surface area contributed by atoms with Crippen molar-refractivity contribution in [3.05, 3.63) is 23.2 Å². The normalized spacial score (nSPS) is 19.1. The highest BCUT2D eigenvalue weighted by Crippen LogP contribution is 2.27. The predicted molar refractivity (Wildman–Crippen MR) is 63.2 cm³/mol. The van der Waals surface area contributed by atoms with Crippen LogP contribution in [-0.2, 0) is 9.59 Å². The van der Waals surface area contributed by atoms with Crippen LogP contribution in [0.4, 0.5) is 5.69 Å². The van der Waals surface area contributed by atoms with Crippen molar-refractivity contribution in [2.75, 3.05) is 12.4 Å². The Kier molecular flexibility index (Phi) is 3.19. The summed E-state index contributed by atoms with van der Waals surface area (Å²) < 4.78 is 5.02. The van der Waals surface area contributed by atoms with Gasteiger partial charge < -0.3 is 10.1 Å². The van der Waals surface area contributed by atoms with E-state index in [2.05, 4.69) is 10.6 Å². The number of hydrogen-bond acceptors (Lipinski definition) is 4. The molecular formula is C11H11ClN2O3. The van der Waals surface area contributed by atoms with Crippen LogP contribution in [0, 0.1) is 0 Å². The first-order valence-corrected chi connectivity index (χ1v) is 5.41. The topological polar surface area (TPSA) is 67.4 Å². The van der Waals surface area contributed by atoms with E-state index in [9.17, 15) is 9.59 Å². The molecule has 1 heterocycles. The SMILES string of the molecule is COc1ccc(NC2CC(=O)NC2=O)cc1Cl. The highest BCUT2D eigenvalue weighted by Gasteiger charge is 2.30. The summed E-state index contributed by atoms with van der Waals surface area (Å²) in [4.78, 5) is 22.3. The number of rotatable bonds is 3. The van der Waals surface area contributed by atoms with Crippen molar-refractivity contribution in [3.63, 3.8) is 0 Å². The quantitative estimate of drug-likeness (QED) is 0.795. The van der Waals surface area contributed by atoms with Crippen molar-refractivity contribution in [2.45, 2.75) is 12.5 Å². The van der Waals surface area contributed by atoms with Gasteiger partial charge in [-0.15, -0.1) is 0 Å². The van der Waals surface area contributed by atoms with Gasteiger partial charge in [0.25, 0.3) is 0 Å². The molecule has 1 aromatic carbocycles. The van der Waals surface area contributed by atoms with E-state index in [0.29, 0.717) is 16.5 Å². The van der Waals surface area contributed by atoms with Gasteiger partial charge in [0, 0.05) is 5.69 Å². The Balaban J connectivity index is 2.11. The number of benzene rings is 1. The van der Waals surface area contributed by atoms with Crippen LogP contribution in [0.25, 0.3) is 0 Å². The highest BCUT2D eigenvalue weighted by molar-refractivity contribution is 6.32. The largest absolute Gasteiger partial charge is 0.495 e. The summed E-state index contributed by atoms with van der Waals surface area (Å²) in [6, 6.07) is 4.54. The monoisotopic (exact) mass is 254 g/mol. The number of nitrogens with one attached hydrogen (secondary N) is 2. The Morgan fingerprint density at radius 2 is 2.24 bits per heavy atom. The van der Waals surface area contributed by atoms with Gasteiger partial charge >= 0.3 is 0 Å². The van der Waals surface area contributed by atoms with Crippen LogP contribution in [0.1, 0.15) is 6.42 Å². The number of imide groups is 1. The first-order valence-electron chi connectivity index (χ1n) is 5.04. The lowest BCUT2D eigenvalue weighted by atomic mass is 10.2. The summed E-state index contributed by atoms with van der Waals surface area (Å²) >= 11 is 5.95. The molecule has 0 aromatic heterocycles. The van der Waals surface area contributed by atoms with E-state index in [1.807, 2.05) is 0 Å². The minimum Gasteiger partial charge on any atom is -0.495 e. The van der Waals surface area contributed by atoms with Crippen molar-refractivity contribution in [1.29, 1.82) is 0 Å². The van der Waals surface area contributed by atoms with E-state index in [4.69, 9.17) is 16.3 Å². The zero-order chi connectivity index (χ0) is 12.4. The Hall–Kier alpha value is -1.75. The number of carbonyl (C=O) groups is 2. The molecule has 0 radical (unpaired) electrons. The third kappa shape index (κ3) is 2.50. The maximum Gasteiger partial charge on any atom is 0.249 e. The lowest BCUT2D eigenvalue weighted by Gasteiger charge is -2.12. The summed E-state index contributed by atoms with van der Waals surface area (Å²) in [5.41, 5.74) is 0.672. The molecule has 0 saturated carbocycles. The molecule has 1 aliphatic rings. The van der Waals surface area contributed by atoms with Gasteiger partial charge in [-0.3, -0.25) is 14.9 Å². The van der Waals surface area contributed by atoms with Gasteiger partial charge in [-0.1, -0.05) is 11.6 Å². The average Bonchev–Trinajstić information content (AvgIpc) is 2.58. The minimum absolute atomic E-state index is 0.141. The maximum absolute atomic E-state index is 11.3. The molecule has 2 rings (SSSR count). The Morgan fingerprint density at radius 3 is 2.76 bits per heavy atom. The van der Waals surface area contributed by atoms with Crippen molar-refractivity contribution in [1.82, 2.24) is 5.32 Å². The van der Waals surface area contributed by atoms with E-state index in [0.717, 1.165) is 0 Å². The molecule has 6 heteroatoms. The van der Waals surface area contributed by atoms with E-state index >= 15 is 0 Å². The number of amides is 2. The molecule has 1 fully saturated rings. The van der Waals surface area contributed by atoms with Crippen LogP contribution in [0.5, 0.6) is 5.75 Å². The second-order valence-corrected chi connectivity index (χ2v) is 4.07. The fourth-order valence-electron chi connectivity index (χ4n) is 1.63. The van der Waals surface area contributed by atoms with Crippen molar-refractivity contribution in [3.8, 4) is 5.75 Å². The van der Waals surface area contributed by atoms with Crippen molar-refractivity contribution >= 4 is 29.1 Å². The summed E-state index contributed by atoms with van der Waals surface area (Å²) in [7, 11) is 1.53. The summed E-state index contributed by atoms with van der Waals surface area (Å²) in [5.74, 6) is -0.0294. The lowest BCUT2D eigenvalue weighted by molar-refractivity contribution is -0.124. The zero-order valence-electron chi connectivity index (χ0n) is 9.12. The molecule has 1 saturated heterocycles. The van der Waals surface area contributed by atoms with Crippen LogP contribution >= 0.6 is 11.6 Å². The summed E-state index contributed by atoms with van der Waals surface area (Å²) in [5, 5.41) is 5.61. The second-order valence-electron chi connectivity index (χ2n) is 3.66. The molecule has 0 spiro atoms. The standard InChI is InChI=1S/C11H11ClN2O3/c1-17-9-3-2-6(4-7(9)12)13-8-5-10(15)14-11(8)16/h2-4,8,13H,5H2,1H3,(H,14,15,16). The fraction of sp³-hybridized carbons (Fsp3) is 0.273. The van der Waals surface area contributed by atoms with E-state index in [-0.39, 0.29) is 18.2 Å². The number of hydrogen-bond donors (Lipinski definition) is 2. The number of ether oxygens (including phenoxy) is 1. The molecular weight excluding hydrogens is 244 g/mol. The highest BCUT2D eigenvalue weighted by atomic mass is 35.5. The molecule has 2 N–H and O–H groups in total. The molecule has 0 aliphatic carbocycles. The van der Waals surface area contributed by atoms with E-state index in [1.54, 1.807) is 18.2 Å². The lowest BCUT2D eigenvalue weighted by Crippen LogP contribution is -2.29. The van der Waals surface area contributed by atoms with Crippen LogP contribution in [0.2, 0.25) is 5.02 Å². The number of carbonyl (C=O) groups excluding carboxylic acids is 2. The molecule has 17 heavy (non-hydrogen) atoms. The molecule has 1 atom stereocenters. The molecule has 2 amide bonds. The molecule has 1 aliphatic heterocycles. The van der Waals surface area contributed by atoms with Crippen molar-refractivity contribution in [2.24, 2.45) is 0 Å². The van der Waals surface area contributed by atoms with Gasteiger partial charge in [-0.2, -0.15) is 0 Å². The van der Waals surface area contributed by atoms with E-state index in [1.165, 1.54) is 7.11 Å². The molecule has 1 aromatic rings. The summed E-state index contributed by atoms with van der Waals surface area (Å²) in [6.45, 7) is 0. The third-order valence-electron chi connectivity index (χ3n) is 2.46. The Morgan fingerprint density at radius 1 is 1.47 bits per heavy atom. The number of halogens is 1. The second kappa shape index (κ2) is 4.63. The number of anilines is 1. The van der Waals surface area contributed by atoms with Gasteiger partial charge in [0.2, 0.25) is 11.8 Å². The molecule has 90 valence electrons. The molecule has 0 bridgehead atoms. The molecule has 1 unspecified atom stereocenters. The average molecular weight is 255 g/mol. The first kappa shape index (κ1) is 11.7. The van der Waals surface area contributed by atoms with Crippen molar-refractivity contribution < 1.29 is 14.3 Å².